The van der Waals surface area contributed by atoms with E-state index in [0.29, 0.717) is 23.0 Å². The lowest BCUT2D eigenvalue weighted by Crippen LogP contribution is -2.19. The fourth-order valence-corrected chi connectivity index (χ4v) is 2.90. The summed E-state index contributed by atoms with van der Waals surface area (Å²) in [6.45, 7) is 0. The SMILES string of the molecule is Nc1ccccc1-c1nnc(SCC(=O)Nc2c(F)c(F)c(F)c(F)c2F)[nH]c1=O. The third-order valence-corrected chi connectivity index (χ3v) is 4.57. The number of amides is 1. The predicted octanol–water partition coefficient (Wildman–Crippen LogP) is 2.84. The van der Waals surface area contributed by atoms with Gasteiger partial charge in [0, 0.05) is 11.3 Å². The number of nitrogen functional groups attached to an aromatic ring is 1. The number of hydrogen-bond acceptors (Lipinski definition) is 6. The number of aromatic amines is 1. The van der Waals surface area contributed by atoms with Gasteiger partial charge in [-0.1, -0.05) is 30.0 Å². The maximum atomic E-state index is 13.6. The first-order valence-corrected chi connectivity index (χ1v) is 8.95. The Kier molecular flexibility index (Phi) is 6.01. The Bertz CT molecular complexity index is 1170. The van der Waals surface area contributed by atoms with Crippen LogP contribution in [0.5, 0.6) is 0 Å². The minimum atomic E-state index is -2.34. The van der Waals surface area contributed by atoms with Crippen molar-refractivity contribution in [1.29, 1.82) is 0 Å². The molecule has 156 valence electrons. The highest BCUT2D eigenvalue weighted by Gasteiger charge is 2.26. The van der Waals surface area contributed by atoms with E-state index in [2.05, 4.69) is 15.2 Å². The van der Waals surface area contributed by atoms with E-state index in [1.165, 1.54) is 0 Å². The first kappa shape index (κ1) is 21.2. The molecule has 0 aliphatic rings. The lowest BCUT2D eigenvalue weighted by atomic mass is 10.1. The number of para-hydroxylation sites is 1. The maximum absolute atomic E-state index is 13.6. The minimum absolute atomic E-state index is 0.0664. The number of thioether (sulfide) groups is 1. The molecule has 0 saturated carbocycles. The molecule has 0 atom stereocenters. The highest BCUT2D eigenvalue weighted by molar-refractivity contribution is 7.99. The van der Waals surface area contributed by atoms with Gasteiger partial charge in [0.05, 0.1) is 5.75 Å². The van der Waals surface area contributed by atoms with Crippen molar-refractivity contribution >= 4 is 29.0 Å². The normalized spacial score (nSPS) is 10.8. The van der Waals surface area contributed by atoms with Crippen LogP contribution in [0, 0.1) is 29.1 Å². The molecule has 1 amide bonds. The standard InChI is InChI=1S/C17H10F5N5O2S/c18-9-10(19)12(21)15(13(22)11(9)20)24-8(28)5-30-17-25-16(29)14(26-27-17)6-3-1-2-4-7(6)23/h1-4H,5,23H2,(H,24,28)(H,25,27,29). The lowest BCUT2D eigenvalue weighted by molar-refractivity contribution is -0.113. The van der Waals surface area contributed by atoms with Gasteiger partial charge < -0.3 is 11.1 Å². The van der Waals surface area contributed by atoms with Gasteiger partial charge in [-0.25, -0.2) is 22.0 Å². The monoisotopic (exact) mass is 443 g/mol. The van der Waals surface area contributed by atoms with Crippen molar-refractivity contribution in [3.8, 4) is 11.3 Å². The average molecular weight is 443 g/mol. The number of halogens is 5. The summed E-state index contributed by atoms with van der Waals surface area (Å²) < 4.78 is 66.6. The Labute approximate surface area is 168 Å². The Morgan fingerprint density at radius 1 is 1.00 bits per heavy atom. The predicted molar refractivity (Wildman–Crippen MR) is 98.1 cm³/mol. The Morgan fingerprint density at radius 3 is 2.20 bits per heavy atom. The molecule has 0 spiro atoms. The summed E-state index contributed by atoms with van der Waals surface area (Å²) >= 11 is 0.614. The van der Waals surface area contributed by atoms with Crippen molar-refractivity contribution in [2.75, 3.05) is 16.8 Å². The van der Waals surface area contributed by atoms with Crippen molar-refractivity contribution in [3.05, 3.63) is 63.7 Å². The van der Waals surface area contributed by atoms with Crippen LogP contribution in [0.2, 0.25) is 0 Å². The lowest BCUT2D eigenvalue weighted by Gasteiger charge is -2.09. The van der Waals surface area contributed by atoms with Crippen molar-refractivity contribution < 1.29 is 26.7 Å². The second kappa shape index (κ2) is 8.49. The zero-order chi connectivity index (χ0) is 22.0. The van der Waals surface area contributed by atoms with Crippen molar-refractivity contribution in [2.45, 2.75) is 5.16 Å². The van der Waals surface area contributed by atoms with Gasteiger partial charge in [-0.3, -0.25) is 14.6 Å². The number of aromatic nitrogens is 3. The van der Waals surface area contributed by atoms with Crippen LogP contribution in [0.1, 0.15) is 0 Å². The Hall–Kier alpha value is -3.48. The number of anilines is 2. The summed E-state index contributed by atoms with van der Waals surface area (Å²) in [6, 6.07) is 6.41. The van der Waals surface area contributed by atoms with Crippen molar-refractivity contribution in [2.24, 2.45) is 0 Å². The zero-order valence-corrected chi connectivity index (χ0v) is 15.4. The van der Waals surface area contributed by atoms with Crippen LogP contribution in [0.3, 0.4) is 0 Å². The second-order valence-electron chi connectivity index (χ2n) is 5.68. The molecular formula is C17H10F5N5O2S. The zero-order valence-electron chi connectivity index (χ0n) is 14.6. The van der Waals surface area contributed by atoms with Crippen molar-refractivity contribution in [1.82, 2.24) is 15.2 Å². The average Bonchev–Trinajstić information content (AvgIpc) is 2.73. The Morgan fingerprint density at radius 2 is 1.60 bits per heavy atom. The minimum Gasteiger partial charge on any atom is -0.398 e. The van der Waals surface area contributed by atoms with E-state index in [9.17, 15) is 31.5 Å². The van der Waals surface area contributed by atoms with E-state index >= 15 is 0 Å². The molecule has 3 rings (SSSR count). The molecule has 1 aromatic heterocycles. The molecule has 3 aromatic rings. The number of carbonyl (C=O) groups excluding carboxylic acids is 1. The first-order chi connectivity index (χ1) is 14.2. The molecule has 0 radical (unpaired) electrons. The van der Waals surface area contributed by atoms with Gasteiger partial charge in [0.15, 0.2) is 34.1 Å². The summed E-state index contributed by atoms with van der Waals surface area (Å²) in [7, 11) is 0. The summed E-state index contributed by atoms with van der Waals surface area (Å²) in [5, 5.41) is 8.94. The number of H-pyrrole nitrogens is 1. The molecule has 13 heteroatoms. The number of rotatable bonds is 5. The number of nitrogens with zero attached hydrogens (tertiary/aromatic N) is 2. The quantitative estimate of drug-likeness (QED) is 0.184. The molecule has 2 aromatic carbocycles. The number of carbonyl (C=O) groups is 1. The number of hydrogen-bond donors (Lipinski definition) is 3. The molecule has 0 fully saturated rings. The van der Waals surface area contributed by atoms with Gasteiger partial charge in [-0.15, -0.1) is 10.2 Å². The van der Waals surface area contributed by atoms with Gasteiger partial charge in [0.2, 0.25) is 11.7 Å². The van der Waals surface area contributed by atoms with Crippen LogP contribution in [0.25, 0.3) is 11.3 Å². The molecule has 0 aliphatic carbocycles. The molecule has 4 N–H and O–H groups in total. The third-order valence-electron chi connectivity index (χ3n) is 3.71. The topological polar surface area (TPSA) is 114 Å². The molecule has 1 heterocycles. The summed E-state index contributed by atoms with van der Waals surface area (Å²) in [5.74, 6) is -12.8. The van der Waals surface area contributed by atoms with Gasteiger partial charge in [0.25, 0.3) is 5.56 Å². The summed E-state index contributed by atoms with van der Waals surface area (Å²) in [6.07, 6.45) is 0. The molecule has 0 bridgehead atoms. The van der Waals surface area contributed by atoms with E-state index < -0.39 is 52.0 Å². The fourth-order valence-electron chi connectivity index (χ4n) is 2.30. The van der Waals surface area contributed by atoms with Crippen LogP contribution in [-0.2, 0) is 4.79 Å². The number of benzene rings is 2. The van der Waals surface area contributed by atoms with Gasteiger partial charge in [0.1, 0.15) is 5.69 Å². The van der Waals surface area contributed by atoms with Gasteiger partial charge >= 0.3 is 0 Å². The third kappa shape index (κ3) is 4.10. The largest absolute Gasteiger partial charge is 0.398 e. The van der Waals surface area contributed by atoms with Crippen molar-refractivity contribution in [3.63, 3.8) is 0 Å². The second-order valence-corrected chi connectivity index (χ2v) is 6.64. The maximum Gasteiger partial charge on any atom is 0.278 e. The van der Waals surface area contributed by atoms with Crippen LogP contribution < -0.4 is 16.6 Å². The van der Waals surface area contributed by atoms with Crippen LogP contribution in [-0.4, -0.2) is 26.8 Å². The van der Waals surface area contributed by atoms with Crippen LogP contribution >= 0.6 is 11.8 Å². The van der Waals surface area contributed by atoms with Crippen LogP contribution in [0.4, 0.5) is 33.3 Å². The molecule has 30 heavy (non-hydrogen) atoms. The summed E-state index contributed by atoms with van der Waals surface area (Å²) in [5.41, 5.74) is 4.19. The van der Waals surface area contributed by atoms with E-state index in [1.807, 2.05) is 0 Å². The highest BCUT2D eigenvalue weighted by atomic mass is 32.2. The smallest absolute Gasteiger partial charge is 0.278 e. The number of nitrogens with one attached hydrogen (secondary N) is 2. The highest BCUT2D eigenvalue weighted by Crippen LogP contribution is 2.27. The van der Waals surface area contributed by atoms with E-state index in [4.69, 9.17) is 5.73 Å². The molecule has 7 nitrogen and oxygen atoms in total. The number of nitrogens with two attached hydrogens (primary N) is 1. The van der Waals surface area contributed by atoms with Crippen LogP contribution in [0.15, 0.2) is 34.2 Å². The van der Waals surface area contributed by atoms with Gasteiger partial charge in [-0.05, 0) is 6.07 Å². The van der Waals surface area contributed by atoms with E-state index in [1.54, 1.807) is 29.6 Å². The Balaban J connectivity index is 1.73. The molecular weight excluding hydrogens is 433 g/mol. The molecule has 0 unspecified atom stereocenters. The van der Waals surface area contributed by atoms with Gasteiger partial charge in [-0.2, -0.15) is 0 Å². The first-order valence-electron chi connectivity index (χ1n) is 7.96. The molecule has 0 saturated heterocycles. The van der Waals surface area contributed by atoms with E-state index in [-0.39, 0.29) is 10.9 Å². The summed E-state index contributed by atoms with van der Waals surface area (Å²) in [4.78, 5) is 26.4. The van der Waals surface area contributed by atoms with E-state index in [0.717, 1.165) is 0 Å². The molecule has 0 aliphatic heterocycles. The fraction of sp³-hybridized carbons (Fsp3) is 0.0588.